The second kappa shape index (κ2) is 5.10. The van der Waals surface area contributed by atoms with Crippen molar-refractivity contribution < 1.29 is 4.84 Å². The molecule has 0 aliphatic heterocycles. The summed E-state index contributed by atoms with van der Waals surface area (Å²) in [5, 5.41) is 1.78. The number of benzene rings is 1. The molecule has 0 spiro atoms. The van der Waals surface area contributed by atoms with Crippen molar-refractivity contribution in [1.82, 2.24) is 5.06 Å². The molecular weight excluding hydrogens is 176 g/mol. The van der Waals surface area contributed by atoms with Crippen molar-refractivity contribution in [3.05, 3.63) is 35.4 Å². The fourth-order valence-corrected chi connectivity index (χ4v) is 1.56. The van der Waals surface area contributed by atoms with E-state index in [0.29, 0.717) is 6.54 Å². The van der Waals surface area contributed by atoms with E-state index in [0.717, 1.165) is 0 Å². The molecule has 78 valence electrons. The lowest BCUT2D eigenvalue weighted by Crippen LogP contribution is -2.30. The van der Waals surface area contributed by atoms with E-state index < -0.39 is 0 Å². The lowest BCUT2D eigenvalue weighted by atomic mass is 10.0. The van der Waals surface area contributed by atoms with Gasteiger partial charge in [0.2, 0.25) is 0 Å². The van der Waals surface area contributed by atoms with Crippen LogP contribution in [-0.2, 0) is 4.84 Å². The average Bonchev–Trinajstić information content (AvgIpc) is 2.21. The summed E-state index contributed by atoms with van der Waals surface area (Å²) in [4.78, 5) is 5.17. The zero-order valence-electron chi connectivity index (χ0n) is 9.03. The zero-order chi connectivity index (χ0) is 10.6. The summed E-state index contributed by atoms with van der Waals surface area (Å²) >= 11 is 0. The van der Waals surface area contributed by atoms with Gasteiger partial charge in [0.25, 0.3) is 0 Å². The van der Waals surface area contributed by atoms with Gasteiger partial charge in [-0.15, -0.1) is 0 Å². The molecule has 0 aromatic heterocycles. The first-order valence-electron chi connectivity index (χ1n) is 4.73. The maximum atomic E-state index is 5.73. The van der Waals surface area contributed by atoms with Crippen LogP contribution >= 0.6 is 0 Å². The van der Waals surface area contributed by atoms with E-state index in [1.165, 1.54) is 11.1 Å². The summed E-state index contributed by atoms with van der Waals surface area (Å²) in [6.45, 7) is 2.64. The van der Waals surface area contributed by atoms with Crippen LogP contribution in [0.2, 0.25) is 0 Å². The van der Waals surface area contributed by atoms with Gasteiger partial charge in [0.15, 0.2) is 0 Å². The van der Waals surface area contributed by atoms with Gasteiger partial charge in [-0.3, -0.25) is 0 Å². The van der Waals surface area contributed by atoms with Crippen molar-refractivity contribution in [2.24, 2.45) is 5.73 Å². The second-order valence-corrected chi connectivity index (χ2v) is 3.34. The molecular formula is C11H18N2O. The molecule has 1 aromatic carbocycles. The highest BCUT2D eigenvalue weighted by atomic mass is 16.7. The average molecular weight is 194 g/mol. The van der Waals surface area contributed by atoms with Gasteiger partial charge in [-0.1, -0.05) is 24.3 Å². The van der Waals surface area contributed by atoms with E-state index in [1.807, 2.05) is 19.2 Å². The van der Waals surface area contributed by atoms with Crippen LogP contribution in [-0.4, -0.2) is 25.8 Å². The molecule has 0 fully saturated rings. The largest absolute Gasteiger partial charge is 0.329 e. The van der Waals surface area contributed by atoms with Gasteiger partial charge in [0, 0.05) is 13.6 Å². The van der Waals surface area contributed by atoms with E-state index in [2.05, 4.69) is 19.1 Å². The van der Waals surface area contributed by atoms with Crippen LogP contribution < -0.4 is 5.73 Å². The SMILES string of the molecule is CON(C)C(CN)c1ccccc1C. The third-order valence-electron chi connectivity index (χ3n) is 2.50. The van der Waals surface area contributed by atoms with Crippen molar-refractivity contribution in [2.45, 2.75) is 13.0 Å². The molecule has 0 amide bonds. The van der Waals surface area contributed by atoms with Gasteiger partial charge in [0.1, 0.15) is 0 Å². The quantitative estimate of drug-likeness (QED) is 0.738. The van der Waals surface area contributed by atoms with Crippen molar-refractivity contribution in [3.8, 4) is 0 Å². The molecule has 1 unspecified atom stereocenters. The van der Waals surface area contributed by atoms with E-state index in [-0.39, 0.29) is 6.04 Å². The Labute approximate surface area is 85.4 Å². The molecule has 3 nitrogen and oxygen atoms in total. The first kappa shape index (κ1) is 11.2. The normalized spacial score (nSPS) is 13.2. The Hall–Kier alpha value is -0.900. The lowest BCUT2D eigenvalue weighted by Gasteiger charge is -2.26. The number of hydrogen-bond donors (Lipinski definition) is 1. The Balaban J connectivity index is 2.94. The van der Waals surface area contributed by atoms with Gasteiger partial charge >= 0.3 is 0 Å². The minimum Gasteiger partial charge on any atom is -0.329 e. The molecule has 14 heavy (non-hydrogen) atoms. The van der Waals surface area contributed by atoms with Crippen LogP contribution in [0.5, 0.6) is 0 Å². The molecule has 1 aromatic rings. The van der Waals surface area contributed by atoms with Crippen LogP contribution in [0.1, 0.15) is 17.2 Å². The van der Waals surface area contributed by atoms with E-state index in [1.54, 1.807) is 12.2 Å². The highest BCUT2D eigenvalue weighted by molar-refractivity contribution is 5.28. The number of aryl methyl sites for hydroxylation is 1. The van der Waals surface area contributed by atoms with E-state index >= 15 is 0 Å². The standard InChI is InChI=1S/C11H18N2O/c1-9-6-4-5-7-10(9)11(8-12)13(2)14-3/h4-7,11H,8,12H2,1-3H3. The molecule has 2 N–H and O–H groups in total. The topological polar surface area (TPSA) is 38.5 Å². The number of likely N-dealkylation sites (N-methyl/N-ethyl adjacent to an activating group) is 1. The summed E-state index contributed by atoms with van der Waals surface area (Å²) in [7, 11) is 3.55. The van der Waals surface area contributed by atoms with Crippen molar-refractivity contribution in [3.63, 3.8) is 0 Å². The first-order chi connectivity index (χ1) is 6.70. The molecule has 1 rings (SSSR count). The number of nitrogens with zero attached hydrogens (tertiary/aromatic N) is 1. The minimum absolute atomic E-state index is 0.126. The number of hydroxylamine groups is 2. The molecule has 3 heteroatoms. The Kier molecular flexibility index (Phi) is 4.07. The second-order valence-electron chi connectivity index (χ2n) is 3.34. The number of nitrogens with two attached hydrogens (primary N) is 1. The van der Waals surface area contributed by atoms with Gasteiger partial charge in [0.05, 0.1) is 13.2 Å². The zero-order valence-corrected chi connectivity index (χ0v) is 9.03. The van der Waals surface area contributed by atoms with Crippen LogP contribution in [0.15, 0.2) is 24.3 Å². The van der Waals surface area contributed by atoms with Crippen molar-refractivity contribution in [2.75, 3.05) is 20.7 Å². The molecule has 0 heterocycles. The fourth-order valence-electron chi connectivity index (χ4n) is 1.56. The third kappa shape index (κ3) is 2.32. The smallest absolute Gasteiger partial charge is 0.0723 e. The summed E-state index contributed by atoms with van der Waals surface area (Å²) in [5.74, 6) is 0. The molecule has 0 saturated heterocycles. The van der Waals surface area contributed by atoms with Crippen LogP contribution in [0.25, 0.3) is 0 Å². The summed E-state index contributed by atoms with van der Waals surface area (Å²) in [6, 6.07) is 8.35. The van der Waals surface area contributed by atoms with Crippen LogP contribution in [0.4, 0.5) is 0 Å². The van der Waals surface area contributed by atoms with E-state index in [4.69, 9.17) is 10.6 Å². The molecule has 0 aliphatic carbocycles. The van der Waals surface area contributed by atoms with Crippen LogP contribution in [0.3, 0.4) is 0 Å². The van der Waals surface area contributed by atoms with Crippen LogP contribution in [0, 0.1) is 6.92 Å². The Morgan fingerprint density at radius 3 is 2.57 bits per heavy atom. The third-order valence-corrected chi connectivity index (χ3v) is 2.50. The molecule has 0 aliphatic rings. The van der Waals surface area contributed by atoms with Gasteiger partial charge in [-0.2, -0.15) is 5.06 Å². The Morgan fingerprint density at radius 1 is 1.43 bits per heavy atom. The molecule has 0 saturated carbocycles. The first-order valence-corrected chi connectivity index (χ1v) is 4.73. The monoisotopic (exact) mass is 194 g/mol. The van der Waals surface area contributed by atoms with Gasteiger partial charge in [-0.05, 0) is 18.1 Å². The van der Waals surface area contributed by atoms with Gasteiger partial charge < -0.3 is 10.6 Å². The highest BCUT2D eigenvalue weighted by Gasteiger charge is 2.16. The molecule has 0 bridgehead atoms. The lowest BCUT2D eigenvalue weighted by molar-refractivity contribution is -0.140. The molecule has 0 radical (unpaired) electrons. The fraction of sp³-hybridized carbons (Fsp3) is 0.455. The molecule has 1 atom stereocenters. The predicted molar refractivity (Wildman–Crippen MR) is 57.7 cm³/mol. The summed E-state index contributed by atoms with van der Waals surface area (Å²) in [5.41, 5.74) is 8.19. The van der Waals surface area contributed by atoms with Gasteiger partial charge in [-0.25, -0.2) is 0 Å². The Bertz CT molecular complexity index is 288. The predicted octanol–water partition coefficient (Wildman–Crippen LogP) is 1.49. The summed E-state index contributed by atoms with van der Waals surface area (Å²) in [6.07, 6.45) is 0. The number of hydrogen-bond acceptors (Lipinski definition) is 3. The van der Waals surface area contributed by atoms with Crippen molar-refractivity contribution in [1.29, 1.82) is 0 Å². The summed E-state index contributed by atoms with van der Waals surface area (Å²) < 4.78 is 0. The Morgan fingerprint density at radius 2 is 2.07 bits per heavy atom. The van der Waals surface area contributed by atoms with E-state index in [9.17, 15) is 0 Å². The highest BCUT2D eigenvalue weighted by Crippen LogP contribution is 2.21. The minimum atomic E-state index is 0.126. The number of rotatable bonds is 4. The maximum absolute atomic E-state index is 5.73. The maximum Gasteiger partial charge on any atom is 0.0723 e. The van der Waals surface area contributed by atoms with Crippen molar-refractivity contribution >= 4 is 0 Å².